The van der Waals surface area contributed by atoms with Gasteiger partial charge in [-0.1, -0.05) is 0 Å². The van der Waals surface area contributed by atoms with Crippen molar-refractivity contribution < 1.29 is 39.5 Å². The van der Waals surface area contributed by atoms with Crippen molar-refractivity contribution in [1.29, 1.82) is 0 Å². The third kappa shape index (κ3) is 3.08. The number of carbonyl (C=O) groups excluding carboxylic acids is 1. The zero-order valence-corrected chi connectivity index (χ0v) is 13.8. The van der Waals surface area contributed by atoms with Crippen LogP contribution in [0, 0.1) is 27.7 Å². The van der Waals surface area contributed by atoms with Gasteiger partial charge >= 0.3 is 29.6 Å². The van der Waals surface area contributed by atoms with Gasteiger partial charge in [-0.2, -0.15) is 10.2 Å². The minimum atomic E-state index is -1.23. The Morgan fingerprint density at radius 2 is 1.42 bits per heavy atom. The summed E-state index contributed by atoms with van der Waals surface area (Å²) in [6.07, 6.45) is -1.05. The fourth-order valence-corrected chi connectivity index (χ4v) is 2.09. The van der Waals surface area contributed by atoms with Crippen molar-refractivity contribution in [3.8, 4) is 0 Å². The van der Waals surface area contributed by atoms with Gasteiger partial charge in [-0.05, 0) is 39.8 Å². The smallest absolute Gasteiger partial charge is 0.546 e. The largest absolute Gasteiger partial charge is 1.00 e. The van der Waals surface area contributed by atoms with E-state index in [0.29, 0.717) is 0 Å². The number of hydrogen-bond acceptors (Lipinski definition) is 4. The van der Waals surface area contributed by atoms with E-state index in [1.54, 1.807) is 0 Å². The molecule has 2 aromatic heterocycles. The van der Waals surface area contributed by atoms with Gasteiger partial charge in [-0.3, -0.25) is 0 Å². The molecule has 0 N–H and O–H groups in total. The maximum Gasteiger partial charge on any atom is 1.00 e. The van der Waals surface area contributed by atoms with E-state index in [1.165, 1.54) is 9.36 Å². The molecular formula is C12H15N4NaO2. The van der Waals surface area contributed by atoms with Crippen molar-refractivity contribution in [3.63, 3.8) is 0 Å². The first kappa shape index (κ1) is 15.9. The minimum Gasteiger partial charge on any atom is -0.546 e. The number of aryl methyl sites for hydroxylation is 4. The van der Waals surface area contributed by atoms with E-state index in [2.05, 4.69) is 10.2 Å². The molecule has 96 valence electrons. The minimum absolute atomic E-state index is 0. The zero-order valence-electron chi connectivity index (χ0n) is 11.8. The van der Waals surface area contributed by atoms with Crippen molar-refractivity contribution in [1.82, 2.24) is 19.6 Å². The van der Waals surface area contributed by atoms with Crippen molar-refractivity contribution in [2.24, 2.45) is 0 Å². The van der Waals surface area contributed by atoms with E-state index in [0.717, 1.165) is 22.8 Å². The van der Waals surface area contributed by atoms with Gasteiger partial charge in [-0.25, -0.2) is 9.36 Å². The third-order valence-electron chi connectivity index (χ3n) is 2.76. The Kier molecular flexibility index (Phi) is 4.95. The summed E-state index contributed by atoms with van der Waals surface area (Å²) in [7, 11) is 0. The molecule has 0 spiro atoms. The quantitative estimate of drug-likeness (QED) is 0.561. The molecule has 0 unspecified atom stereocenters. The summed E-state index contributed by atoms with van der Waals surface area (Å²) in [6.45, 7) is 7.25. The molecule has 2 aromatic rings. The van der Waals surface area contributed by atoms with Crippen LogP contribution < -0.4 is 34.7 Å². The van der Waals surface area contributed by atoms with Gasteiger partial charge in [0.15, 0.2) is 6.17 Å². The number of carbonyl (C=O) groups is 1. The van der Waals surface area contributed by atoms with Gasteiger partial charge in [0, 0.05) is 11.4 Å². The standard InChI is InChI=1S/C12H16N4O2.Na/c1-7-5-9(3)15(13-7)11(12(17)18)16-10(4)6-8(2)14-16;/h5-6,11H,1-4H3,(H,17,18);/q;+1/p-1. The van der Waals surface area contributed by atoms with Crippen molar-refractivity contribution in [3.05, 3.63) is 34.9 Å². The first-order chi connectivity index (χ1) is 8.40. The maximum absolute atomic E-state index is 11.4. The van der Waals surface area contributed by atoms with Gasteiger partial charge in [-0.15, -0.1) is 0 Å². The summed E-state index contributed by atoms with van der Waals surface area (Å²) in [6, 6.07) is 3.64. The van der Waals surface area contributed by atoms with Crippen LogP contribution >= 0.6 is 0 Å². The molecule has 0 fully saturated rings. The Labute approximate surface area is 133 Å². The van der Waals surface area contributed by atoms with Crippen LogP contribution in [-0.4, -0.2) is 25.5 Å². The van der Waals surface area contributed by atoms with Crippen molar-refractivity contribution >= 4 is 5.97 Å². The SMILES string of the molecule is Cc1cc(C)n(C(C(=O)[O-])n2nc(C)cc2C)n1.[Na+]. The van der Waals surface area contributed by atoms with E-state index in [9.17, 15) is 9.90 Å². The summed E-state index contributed by atoms with van der Waals surface area (Å²) in [5.74, 6) is -1.23. The van der Waals surface area contributed by atoms with Gasteiger partial charge in [0.25, 0.3) is 0 Å². The molecule has 7 heteroatoms. The molecule has 0 aliphatic carbocycles. The average Bonchev–Trinajstić information content (AvgIpc) is 2.71. The molecule has 0 bridgehead atoms. The molecule has 0 saturated heterocycles. The second-order valence-electron chi connectivity index (χ2n) is 4.44. The molecule has 0 aliphatic rings. The molecule has 19 heavy (non-hydrogen) atoms. The Hall–Kier alpha value is -1.11. The summed E-state index contributed by atoms with van der Waals surface area (Å²) >= 11 is 0. The van der Waals surface area contributed by atoms with Crippen LogP contribution in [0.5, 0.6) is 0 Å². The Balaban J connectivity index is 0.00000180. The van der Waals surface area contributed by atoms with Gasteiger partial charge in [0.1, 0.15) is 0 Å². The molecule has 0 saturated carbocycles. The van der Waals surface area contributed by atoms with Crippen molar-refractivity contribution in [2.75, 3.05) is 0 Å². The normalized spacial score (nSPS) is 10.6. The maximum atomic E-state index is 11.4. The monoisotopic (exact) mass is 270 g/mol. The Morgan fingerprint density at radius 3 is 1.63 bits per heavy atom. The molecule has 0 aromatic carbocycles. The molecule has 2 rings (SSSR count). The number of aromatic nitrogens is 4. The first-order valence-corrected chi connectivity index (χ1v) is 5.66. The Morgan fingerprint density at radius 1 is 1.05 bits per heavy atom. The van der Waals surface area contributed by atoms with Crippen molar-refractivity contribution in [2.45, 2.75) is 33.9 Å². The van der Waals surface area contributed by atoms with Crippen LogP contribution in [0.3, 0.4) is 0 Å². The Bertz CT molecular complexity index is 557. The van der Waals surface area contributed by atoms with Gasteiger partial charge < -0.3 is 9.90 Å². The van der Waals surface area contributed by atoms with Crippen LogP contribution in [-0.2, 0) is 4.79 Å². The summed E-state index contributed by atoms with van der Waals surface area (Å²) in [5, 5.41) is 19.8. The second kappa shape index (κ2) is 5.90. The fraction of sp³-hybridized carbons (Fsp3) is 0.417. The van der Waals surface area contributed by atoms with Crippen LogP contribution in [0.4, 0.5) is 0 Å². The van der Waals surface area contributed by atoms with E-state index in [1.807, 2.05) is 39.8 Å². The number of rotatable bonds is 3. The summed E-state index contributed by atoms with van der Waals surface area (Å²) in [5.41, 5.74) is 3.05. The average molecular weight is 270 g/mol. The van der Waals surface area contributed by atoms with E-state index in [4.69, 9.17) is 0 Å². The first-order valence-electron chi connectivity index (χ1n) is 5.66. The van der Waals surface area contributed by atoms with Crippen LogP contribution in [0.15, 0.2) is 12.1 Å². The number of carboxylic acids is 1. The summed E-state index contributed by atoms with van der Waals surface area (Å²) < 4.78 is 2.84. The van der Waals surface area contributed by atoms with E-state index in [-0.39, 0.29) is 29.6 Å². The van der Waals surface area contributed by atoms with E-state index >= 15 is 0 Å². The summed E-state index contributed by atoms with van der Waals surface area (Å²) in [4.78, 5) is 11.4. The molecule has 6 nitrogen and oxygen atoms in total. The van der Waals surface area contributed by atoms with Crippen LogP contribution in [0.2, 0.25) is 0 Å². The number of carboxylic acid groups (broad SMARTS) is 1. The second-order valence-corrected chi connectivity index (χ2v) is 4.44. The molecule has 0 atom stereocenters. The molecule has 0 aliphatic heterocycles. The van der Waals surface area contributed by atoms with Gasteiger partial charge in [0.2, 0.25) is 0 Å². The molecular weight excluding hydrogens is 255 g/mol. The van der Waals surface area contributed by atoms with Crippen LogP contribution in [0.25, 0.3) is 0 Å². The predicted octanol–water partition coefficient (Wildman–Crippen LogP) is -2.89. The zero-order chi connectivity index (χ0) is 13.4. The van der Waals surface area contributed by atoms with Crippen LogP contribution in [0.1, 0.15) is 28.9 Å². The number of hydrogen-bond donors (Lipinski definition) is 0. The molecule has 2 heterocycles. The van der Waals surface area contributed by atoms with Gasteiger partial charge in [0.05, 0.1) is 17.4 Å². The number of nitrogens with zero attached hydrogens (tertiary/aromatic N) is 4. The fourth-order valence-electron chi connectivity index (χ4n) is 2.09. The van der Waals surface area contributed by atoms with E-state index < -0.39 is 12.1 Å². The predicted molar refractivity (Wildman–Crippen MR) is 62.8 cm³/mol. The molecule has 0 amide bonds. The number of aliphatic carboxylic acids is 1. The topological polar surface area (TPSA) is 75.8 Å². The molecule has 0 radical (unpaired) electrons. The third-order valence-corrected chi connectivity index (χ3v) is 2.76.